The Bertz CT molecular complexity index is 538. The van der Waals surface area contributed by atoms with Crippen LogP contribution >= 0.6 is 0 Å². The van der Waals surface area contributed by atoms with Gasteiger partial charge in [0.1, 0.15) is 12.1 Å². The summed E-state index contributed by atoms with van der Waals surface area (Å²) in [6.45, 7) is 5.13. The van der Waals surface area contributed by atoms with E-state index in [1.165, 1.54) is 5.56 Å². The van der Waals surface area contributed by atoms with E-state index in [9.17, 15) is 9.59 Å². The molecule has 2 amide bonds. The zero-order valence-corrected chi connectivity index (χ0v) is 12.0. The maximum absolute atomic E-state index is 12.6. The number of hydrogen-bond acceptors (Lipinski definition) is 2. The number of piperazine rings is 1. The number of aryl methyl sites for hydroxylation is 1. The first-order chi connectivity index (χ1) is 9.58. The smallest absolute Gasteiger partial charge is 0.246 e. The molecule has 20 heavy (non-hydrogen) atoms. The Kier molecular flexibility index (Phi) is 3.24. The third kappa shape index (κ3) is 2.09. The molecule has 106 valence electrons. The number of nitrogens with zero attached hydrogens (tertiary/aromatic N) is 2. The van der Waals surface area contributed by atoms with Gasteiger partial charge in [-0.05, 0) is 32.3 Å². The lowest BCUT2D eigenvalue weighted by Crippen LogP contribution is -2.61. The van der Waals surface area contributed by atoms with Crippen molar-refractivity contribution in [2.45, 2.75) is 45.3 Å². The van der Waals surface area contributed by atoms with Gasteiger partial charge in [0.2, 0.25) is 11.8 Å². The van der Waals surface area contributed by atoms with Gasteiger partial charge in [0.05, 0.1) is 0 Å². The topological polar surface area (TPSA) is 40.6 Å². The Balaban J connectivity index is 1.82. The first-order valence-corrected chi connectivity index (χ1v) is 7.24. The monoisotopic (exact) mass is 272 g/mol. The minimum Gasteiger partial charge on any atom is -0.329 e. The number of fused-ring (bicyclic) bond motifs is 1. The van der Waals surface area contributed by atoms with Crippen LogP contribution < -0.4 is 0 Å². The van der Waals surface area contributed by atoms with Crippen LogP contribution in [0.1, 0.15) is 30.9 Å². The lowest BCUT2D eigenvalue weighted by Gasteiger charge is -2.41. The molecule has 0 aromatic heterocycles. The molecule has 1 aromatic rings. The molecule has 0 N–H and O–H groups in total. The average Bonchev–Trinajstić information content (AvgIpc) is 2.93. The fourth-order valence-electron chi connectivity index (χ4n) is 3.15. The van der Waals surface area contributed by atoms with E-state index in [-0.39, 0.29) is 23.9 Å². The fourth-order valence-corrected chi connectivity index (χ4v) is 3.15. The number of carbonyl (C=O) groups is 2. The normalized spacial score (nSPS) is 26.1. The van der Waals surface area contributed by atoms with Crippen LogP contribution in [0.15, 0.2) is 24.3 Å². The van der Waals surface area contributed by atoms with Gasteiger partial charge in [-0.25, -0.2) is 0 Å². The second kappa shape index (κ2) is 4.93. The molecular formula is C16H20N2O2. The number of benzene rings is 1. The van der Waals surface area contributed by atoms with E-state index in [2.05, 4.69) is 0 Å². The minimum absolute atomic E-state index is 0.0965. The van der Waals surface area contributed by atoms with Crippen LogP contribution in [0.2, 0.25) is 0 Å². The summed E-state index contributed by atoms with van der Waals surface area (Å²) in [5.74, 6) is 0.203. The van der Waals surface area contributed by atoms with Crippen LogP contribution in [0, 0.1) is 6.92 Å². The van der Waals surface area contributed by atoms with Crippen LogP contribution in [0.25, 0.3) is 0 Å². The second-order valence-electron chi connectivity index (χ2n) is 5.82. The van der Waals surface area contributed by atoms with Gasteiger partial charge in [0, 0.05) is 13.1 Å². The van der Waals surface area contributed by atoms with E-state index in [0.717, 1.165) is 24.9 Å². The maximum atomic E-state index is 12.6. The molecule has 0 saturated carbocycles. The predicted octanol–water partition coefficient (Wildman–Crippen LogP) is 1.72. The van der Waals surface area contributed by atoms with Gasteiger partial charge in [0.15, 0.2) is 0 Å². The van der Waals surface area contributed by atoms with Crippen LogP contribution in [0.4, 0.5) is 0 Å². The molecule has 0 radical (unpaired) electrons. The zero-order chi connectivity index (χ0) is 14.3. The molecule has 4 heteroatoms. The minimum atomic E-state index is -0.349. The molecule has 2 fully saturated rings. The molecule has 0 aliphatic carbocycles. The lowest BCUT2D eigenvalue weighted by molar-refractivity contribution is -0.159. The Morgan fingerprint density at radius 2 is 1.85 bits per heavy atom. The van der Waals surface area contributed by atoms with Crippen molar-refractivity contribution in [3.63, 3.8) is 0 Å². The molecule has 2 aliphatic rings. The molecule has 0 bridgehead atoms. The van der Waals surface area contributed by atoms with Crippen molar-refractivity contribution in [1.82, 2.24) is 9.80 Å². The van der Waals surface area contributed by atoms with Gasteiger partial charge >= 0.3 is 0 Å². The van der Waals surface area contributed by atoms with Crippen molar-refractivity contribution in [2.75, 3.05) is 6.54 Å². The Morgan fingerprint density at radius 3 is 2.55 bits per heavy atom. The van der Waals surface area contributed by atoms with Gasteiger partial charge in [-0.3, -0.25) is 9.59 Å². The molecule has 0 unspecified atom stereocenters. The average molecular weight is 272 g/mol. The lowest BCUT2D eigenvalue weighted by atomic mass is 10.0. The molecule has 2 aliphatic heterocycles. The Hall–Kier alpha value is -1.84. The van der Waals surface area contributed by atoms with Crippen molar-refractivity contribution < 1.29 is 9.59 Å². The van der Waals surface area contributed by atoms with Crippen molar-refractivity contribution in [1.29, 1.82) is 0 Å². The van der Waals surface area contributed by atoms with Gasteiger partial charge in [-0.2, -0.15) is 0 Å². The summed E-state index contributed by atoms with van der Waals surface area (Å²) in [6, 6.07) is 7.57. The number of carbonyl (C=O) groups excluding carboxylic acids is 2. The highest BCUT2D eigenvalue weighted by atomic mass is 16.2. The summed E-state index contributed by atoms with van der Waals surface area (Å²) < 4.78 is 0. The molecule has 4 nitrogen and oxygen atoms in total. The zero-order valence-electron chi connectivity index (χ0n) is 12.0. The van der Waals surface area contributed by atoms with E-state index in [0.29, 0.717) is 6.54 Å². The van der Waals surface area contributed by atoms with Crippen LogP contribution in [0.3, 0.4) is 0 Å². The predicted molar refractivity (Wildman–Crippen MR) is 75.9 cm³/mol. The first kappa shape index (κ1) is 13.2. The number of amides is 2. The highest BCUT2D eigenvalue weighted by molar-refractivity contribution is 5.97. The van der Waals surface area contributed by atoms with E-state index < -0.39 is 0 Å². The van der Waals surface area contributed by atoms with E-state index in [4.69, 9.17) is 0 Å². The largest absolute Gasteiger partial charge is 0.329 e. The number of rotatable bonds is 2. The van der Waals surface area contributed by atoms with E-state index in [1.54, 1.807) is 9.80 Å². The molecule has 3 rings (SSSR count). The van der Waals surface area contributed by atoms with Crippen LogP contribution in [0.5, 0.6) is 0 Å². The van der Waals surface area contributed by atoms with Gasteiger partial charge in [-0.15, -0.1) is 0 Å². The standard InChI is InChI=1S/C16H20N2O2/c1-11-5-7-13(8-6-11)10-18-12(2)15(19)17-9-3-4-14(17)16(18)20/h5-8,12,14H,3-4,9-10H2,1-2H3/t12-,14-/m0/s1. The summed E-state index contributed by atoms with van der Waals surface area (Å²) in [5.41, 5.74) is 2.28. The van der Waals surface area contributed by atoms with Crippen LogP contribution in [-0.2, 0) is 16.1 Å². The SMILES string of the molecule is Cc1ccc(CN2C(=O)[C@@H]3CCCN3C(=O)[C@@H]2C)cc1. The Labute approximate surface area is 119 Å². The van der Waals surface area contributed by atoms with E-state index in [1.807, 2.05) is 38.1 Å². The third-order valence-corrected chi connectivity index (χ3v) is 4.40. The summed E-state index contributed by atoms with van der Waals surface area (Å²) in [7, 11) is 0. The highest BCUT2D eigenvalue weighted by Crippen LogP contribution is 2.27. The van der Waals surface area contributed by atoms with Crippen molar-refractivity contribution in [3.05, 3.63) is 35.4 Å². The quantitative estimate of drug-likeness (QED) is 0.822. The molecule has 0 spiro atoms. The molecule has 2 saturated heterocycles. The maximum Gasteiger partial charge on any atom is 0.246 e. The fraction of sp³-hybridized carbons (Fsp3) is 0.500. The van der Waals surface area contributed by atoms with E-state index >= 15 is 0 Å². The molecule has 2 heterocycles. The summed E-state index contributed by atoms with van der Waals surface area (Å²) in [4.78, 5) is 28.4. The molecule has 1 aromatic carbocycles. The first-order valence-electron chi connectivity index (χ1n) is 7.24. The highest BCUT2D eigenvalue weighted by Gasteiger charge is 2.45. The summed E-state index contributed by atoms with van der Waals surface area (Å²) in [5, 5.41) is 0. The summed E-state index contributed by atoms with van der Waals surface area (Å²) >= 11 is 0. The van der Waals surface area contributed by atoms with Crippen LogP contribution in [-0.4, -0.2) is 40.2 Å². The van der Waals surface area contributed by atoms with Crippen molar-refractivity contribution in [2.24, 2.45) is 0 Å². The van der Waals surface area contributed by atoms with Crippen molar-refractivity contribution >= 4 is 11.8 Å². The molecular weight excluding hydrogens is 252 g/mol. The van der Waals surface area contributed by atoms with Gasteiger partial charge in [0.25, 0.3) is 0 Å². The summed E-state index contributed by atoms with van der Waals surface area (Å²) in [6.07, 6.45) is 1.74. The third-order valence-electron chi connectivity index (χ3n) is 4.40. The van der Waals surface area contributed by atoms with Gasteiger partial charge < -0.3 is 9.80 Å². The molecule has 2 atom stereocenters. The Morgan fingerprint density at radius 1 is 1.15 bits per heavy atom. The van der Waals surface area contributed by atoms with Gasteiger partial charge in [-0.1, -0.05) is 29.8 Å². The second-order valence-corrected chi connectivity index (χ2v) is 5.82. The number of hydrogen-bond donors (Lipinski definition) is 0. The van der Waals surface area contributed by atoms with Crippen molar-refractivity contribution in [3.8, 4) is 0 Å².